The van der Waals surface area contributed by atoms with Crippen LogP contribution in [0.25, 0.3) is 0 Å². The van der Waals surface area contributed by atoms with E-state index < -0.39 is 0 Å². The Morgan fingerprint density at radius 2 is 1.94 bits per heavy atom. The zero-order valence-electron chi connectivity index (χ0n) is 10.4. The van der Waals surface area contributed by atoms with Crippen LogP contribution in [0.3, 0.4) is 0 Å². The number of benzene rings is 1. The molecule has 0 amide bonds. The van der Waals surface area contributed by atoms with Gasteiger partial charge in [0.25, 0.3) is 0 Å². The Hall–Kier alpha value is -1.42. The summed E-state index contributed by atoms with van der Waals surface area (Å²) in [6.07, 6.45) is 0.270. The summed E-state index contributed by atoms with van der Waals surface area (Å²) in [5.41, 5.74) is 0.907. The first-order chi connectivity index (χ1) is 8.04. The van der Waals surface area contributed by atoms with Gasteiger partial charge in [-0.25, -0.2) is 4.39 Å². The molecule has 0 aliphatic carbocycles. The number of carbonyl (C=O) groups excluding carboxylic acids is 1. The Morgan fingerprint density at radius 1 is 1.35 bits per heavy atom. The molecule has 3 nitrogen and oxygen atoms in total. The van der Waals surface area contributed by atoms with E-state index in [2.05, 4.69) is 0 Å². The molecule has 1 aromatic rings. The molecule has 0 spiro atoms. The van der Waals surface area contributed by atoms with Crippen molar-refractivity contribution in [3.63, 3.8) is 0 Å². The molecule has 17 heavy (non-hydrogen) atoms. The normalized spacial score (nSPS) is 12.5. The molecular formula is C13H18FNO2. The summed E-state index contributed by atoms with van der Waals surface area (Å²) in [5, 5.41) is 0. The molecule has 0 aliphatic heterocycles. The molecule has 0 aliphatic rings. The minimum Gasteiger partial charge on any atom is -0.466 e. The lowest BCUT2D eigenvalue weighted by molar-refractivity contribution is -0.144. The zero-order chi connectivity index (χ0) is 12.8. The third kappa shape index (κ3) is 4.15. The van der Waals surface area contributed by atoms with Gasteiger partial charge in [0.15, 0.2) is 0 Å². The number of esters is 1. The fourth-order valence-corrected chi connectivity index (χ4v) is 1.66. The molecule has 0 bridgehead atoms. The van der Waals surface area contributed by atoms with Crippen LogP contribution in [0.4, 0.5) is 4.39 Å². The molecule has 0 saturated heterocycles. The van der Waals surface area contributed by atoms with Crippen molar-refractivity contribution in [2.75, 3.05) is 20.7 Å². The van der Waals surface area contributed by atoms with Gasteiger partial charge in [-0.1, -0.05) is 12.1 Å². The maximum atomic E-state index is 12.8. The van der Waals surface area contributed by atoms with Crippen molar-refractivity contribution >= 4 is 5.97 Å². The summed E-state index contributed by atoms with van der Waals surface area (Å²) < 4.78 is 17.8. The first-order valence-electron chi connectivity index (χ1n) is 5.62. The van der Waals surface area contributed by atoms with E-state index in [9.17, 15) is 9.18 Å². The van der Waals surface area contributed by atoms with E-state index in [4.69, 9.17) is 4.74 Å². The van der Waals surface area contributed by atoms with Crippen LogP contribution in [-0.4, -0.2) is 31.6 Å². The van der Waals surface area contributed by atoms with Crippen molar-refractivity contribution in [3.8, 4) is 0 Å². The largest absolute Gasteiger partial charge is 0.466 e. The molecule has 0 N–H and O–H groups in total. The van der Waals surface area contributed by atoms with Gasteiger partial charge >= 0.3 is 5.97 Å². The van der Waals surface area contributed by atoms with Crippen molar-refractivity contribution in [1.82, 2.24) is 4.90 Å². The van der Waals surface area contributed by atoms with Crippen molar-refractivity contribution in [2.24, 2.45) is 0 Å². The lowest BCUT2D eigenvalue weighted by Crippen LogP contribution is -2.23. The van der Waals surface area contributed by atoms with E-state index in [1.165, 1.54) is 12.1 Å². The van der Waals surface area contributed by atoms with Crippen LogP contribution < -0.4 is 0 Å². The minimum atomic E-state index is -0.276. The number of rotatable bonds is 5. The van der Waals surface area contributed by atoms with Crippen molar-refractivity contribution in [1.29, 1.82) is 0 Å². The fraction of sp³-hybridized carbons (Fsp3) is 0.462. The zero-order valence-corrected chi connectivity index (χ0v) is 10.4. The van der Waals surface area contributed by atoms with Crippen LogP contribution in [0.15, 0.2) is 24.3 Å². The molecule has 0 radical (unpaired) electrons. The van der Waals surface area contributed by atoms with Crippen LogP contribution in [0.5, 0.6) is 0 Å². The van der Waals surface area contributed by atoms with E-state index in [-0.39, 0.29) is 24.2 Å². The third-order valence-electron chi connectivity index (χ3n) is 2.54. The first-order valence-corrected chi connectivity index (χ1v) is 5.62. The van der Waals surface area contributed by atoms with Crippen LogP contribution in [-0.2, 0) is 9.53 Å². The molecule has 1 rings (SSSR count). The molecule has 1 unspecified atom stereocenters. The maximum Gasteiger partial charge on any atom is 0.307 e. The van der Waals surface area contributed by atoms with Crippen LogP contribution in [0, 0.1) is 5.82 Å². The van der Waals surface area contributed by atoms with Gasteiger partial charge in [-0.05, 0) is 38.7 Å². The first kappa shape index (κ1) is 13.6. The predicted molar refractivity (Wildman–Crippen MR) is 64.1 cm³/mol. The number of ether oxygens (including phenoxy) is 1. The van der Waals surface area contributed by atoms with E-state index in [0.717, 1.165) is 5.56 Å². The summed E-state index contributed by atoms with van der Waals surface area (Å²) in [6.45, 7) is 2.16. The van der Waals surface area contributed by atoms with Gasteiger partial charge in [0.2, 0.25) is 0 Å². The van der Waals surface area contributed by atoms with E-state index in [1.807, 2.05) is 19.0 Å². The highest BCUT2D eigenvalue weighted by Gasteiger charge is 2.18. The molecule has 0 aromatic heterocycles. The van der Waals surface area contributed by atoms with Crippen molar-refractivity contribution in [2.45, 2.75) is 19.4 Å². The minimum absolute atomic E-state index is 0.0883. The Balaban J connectivity index is 2.79. The summed E-state index contributed by atoms with van der Waals surface area (Å²) in [5.74, 6) is -0.516. The SMILES string of the molecule is CCOC(=O)CC(c1ccc(F)cc1)N(C)C. The standard InChI is InChI=1S/C13H18FNO2/c1-4-17-13(16)9-12(15(2)3)10-5-7-11(14)8-6-10/h5-8,12H,4,9H2,1-3H3. The van der Waals surface area contributed by atoms with Crippen LogP contribution in [0.2, 0.25) is 0 Å². The highest BCUT2D eigenvalue weighted by atomic mass is 19.1. The topological polar surface area (TPSA) is 29.5 Å². The molecular weight excluding hydrogens is 221 g/mol. The molecule has 1 atom stereocenters. The lowest BCUT2D eigenvalue weighted by Gasteiger charge is -2.23. The smallest absolute Gasteiger partial charge is 0.307 e. The summed E-state index contributed by atoms with van der Waals surface area (Å²) in [7, 11) is 3.76. The molecule has 4 heteroatoms. The molecule has 1 aromatic carbocycles. The van der Waals surface area contributed by atoms with Gasteiger partial charge in [0.05, 0.1) is 13.0 Å². The maximum absolute atomic E-state index is 12.8. The Kier molecular flexibility index (Phi) is 5.10. The average molecular weight is 239 g/mol. The molecule has 94 valence electrons. The van der Waals surface area contributed by atoms with Gasteiger partial charge in [-0.15, -0.1) is 0 Å². The lowest BCUT2D eigenvalue weighted by atomic mass is 10.0. The highest BCUT2D eigenvalue weighted by Crippen LogP contribution is 2.22. The van der Waals surface area contributed by atoms with Crippen LogP contribution >= 0.6 is 0 Å². The van der Waals surface area contributed by atoms with Crippen molar-refractivity contribution in [3.05, 3.63) is 35.6 Å². The Bertz CT molecular complexity index is 362. The Morgan fingerprint density at radius 3 is 2.41 bits per heavy atom. The van der Waals surface area contributed by atoms with Gasteiger partial charge in [-0.2, -0.15) is 0 Å². The number of halogens is 1. The molecule has 0 fully saturated rings. The quantitative estimate of drug-likeness (QED) is 0.739. The van der Waals surface area contributed by atoms with Gasteiger partial charge in [0, 0.05) is 6.04 Å². The average Bonchev–Trinajstić information content (AvgIpc) is 2.27. The van der Waals surface area contributed by atoms with E-state index in [1.54, 1.807) is 19.1 Å². The summed E-state index contributed by atoms with van der Waals surface area (Å²) in [6, 6.07) is 6.10. The van der Waals surface area contributed by atoms with Crippen molar-refractivity contribution < 1.29 is 13.9 Å². The monoisotopic (exact) mass is 239 g/mol. The molecule has 0 saturated carbocycles. The Labute approximate surface area is 101 Å². The van der Waals surface area contributed by atoms with Crippen LogP contribution in [0.1, 0.15) is 24.9 Å². The van der Waals surface area contributed by atoms with Gasteiger partial charge in [0.1, 0.15) is 5.82 Å². The second kappa shape index (κ2) is 6.35. The van der Waals surface area contributed by atoms with Gasteiger partial charge < -0.3 is 9.64 Å². The molecule has 0 heterocycles. The highest BCUT2D eigenvalue weighted by molar-refractivity contribution is 5.70. The second-order valence-corrected chi connectivity index (χ2v) is 4.04. The number of hydrogen-bond donors (Lipinski definition) is 0. The van der Waals surface area contributed by atoms with E-state index in [0.29, 0.717) is 6.61 Å². The van der Waals surface area contributed by atoms with Gasteiger partial charge in [-0.3, -0.25) is 4.79 Å². The third-order valence-corrected chi connectivity index (χ3v) is 2.54. The second-order valence-electron chi connectivity index (χ2n) is 4.04. The summed E-state index contributed by atoms with van der Waals surface area (Å²) in [4.78, 5) is 13.4. The number of carbonyl (C=O) groups is 1. The fourth-order valence-electron chi connectivity index (χ4n) is 1.66. The predicted octanol–water partition coefficient (Wildman–Crippen LogP) is 2.38. The number of nitrogens with zero attached hydrogens (tertiary/aromatic N) is 1. The number of hydrogen-bond acceptors (Lipinski definition) is 3. The van der Waals surface area contributed by atoms with E-state index >= 15 is 0 Å². The summed E-state index contributed by atoms with van der Waals surface area (Å²) >= 11 is 0.